The van der Waals surface area contributed by atoms with Crippen molar-refractivity contribution >= 4 is 12.0 Å². The molecule has 13 heavy (non-hydrogen) atoms. The molecule has 2 amide bonds. The number of carboxylic acids is 1. The van der Waals surface area contributed by atoms with Gasteiger partial charge in [-0.3, -0.25) is 4.79 Å². The molecule has 1 aliphatic carbocycles. The largest absolute Gasteiger partial charge is 0.481 e. The summed E-state index contributed by atoms with van der Waals surface area (Å²) in [5.74, 6) is -0.810. The van der Waals surface area contributed by atoms with E-state index in [1.54, 1.807) is 0 Å². The molecule has 0 radical (unpaired) electrons. The highest BCUT2D eigenvalue weighted by Crippen LogP contribution is 2.40. The number of amides is 2. The van der Waals surface area contributed by atoms with E-state index in [1.165, 1.54) is 7.05 Å². The Morgan fingerprint density at radius 3 is 2.38 bits per heavy atom. The van der Waals surface area contributed by atoms with Crippen LogP contribution in [0.3, 0.4) is 0 Å². The van der Waals surface area contributed by atoms with Crippen LogP contribution in [0.15, 0.2) is 0 Å². The predicted molar refractivity (Wildman–Crippen MR) is 46.4 cm³/mol. The summed E-state index contributed by atoms with van der Waals surface area (Å²) in [5, 5.41) is 13.8. The quantitative estimate of drug-likeness (QED) is 0.588. The molecular formula is C8H14N2O3. The third-order valence-electron chi connectivity index (χ3n) is 2.58. The van der Waals surface area contributed by atoms with Crippen molar-refractivity contribution in [3.05, 3.63) is 0 Å². The fourth-order valence-corrected chi connectivity index (χ4v) is 1.41. The Bertz CT molecular complexity index is 223. The van der Waals surface area contributed by atoms with Crippen molar-refractivity contribution in [1.82, 2.24) is 10.6 Å². The molecular weight excluding hydrogens is 172 g/mol. The molecule has 1 aliphatic rings. The summed E-state index contributed by atoms with van der Waals surface area (Å²) in [6.45, 7) is 0.224. The van der Waals surface area contributed by atoms with E-state index in [0.29, 0.717) is 12.8 Å². The van der Waals surface area contributed by atoms with Crippen molar-refractivity contribution in [1.29, 1.82) is 0 Å². The first-order chi connectivity index (χ1) is 6.10. The maximum atomic E-state index is 10.8. The zero-order valence-corrected chi connectivity index (χ0v) is 7.59. The van der Waals surface area contributed by atoms with E-state index >= 15 is 0 Å². The fourth-order valence-electron chi connectivity index (χ4n) is 1.41. The highest BCUT2D eigenvalue weighted by atomic mass is 16.4. The summed E-state index contributed by atoms with van der Waals surface area (Å²) in [4.78, 5) is 21.6. The van der Waals surface area contributed by atoms with Gasteiger partial charge in [-0.1, -0.05) is 6.42 Å². The summed E-state index contributed by atoms with van der Waals surface area (Å²) >= 11 is 0. The Morgan fingerprint density at radius 1 is 1.46 bits per heavy atom. The lowest BCUT2D eigenvalue weighted by molar-refractivity contribution is -0.153. The van der Waals surface area contributed by atoms with Crippen LogP contribution in [0.25, 0.3) is 0 Å². The average molecular weight is 186 g/mol. The lowest BCUT2D eigenvalue weighted by Gasteiger charge is -2.37. The zero-order chi connectivity index (χ0) is 9.90. The number of hydrogen-bond donors (Lipinski definition) is 3. The van der Waals surface area contributed by atoms with Crippen molar-refractivity contribution < 1.29 is 14.7 Å². The first-order valence-corrected chi connectivity index (χ1v) is 4.30. The van der Waals surface area contributed by atoms with Gasteiger partial charge in [0.05, 0.1) is 5.41 Å². The molecule has 0 spiro atoms. The topological polar surface area (TPSA) is 78.4 Å². The SMILES string of the molecule is CNC(=O)NCC1(C(=O)O)CCC1. The van der Waals surface area contributed by atoms with Crippen molar-refractivity contribution in [3.8, 4) is 0 Å². The lowest BCUT2D eigenvalue weighted by atomic mass is 9.69. The van der Waals surface area contributed by atoms with Crippen LogP contribution in [0.5, 0.6) is 0 Å². The molecule has 0 atom stereocenters. The first-order valence-electron chi connectivity index (χ1n) is 4.30. The minimum Gasteiger partial charge on any atom is -0.481 e. The second-order valence-electron chi connectivity index (χ2n) is 3.37. The van der Waals surface area contributed by atoms with E-state index in [4.69, 9.17) is 5.11 Å². The van der Waals surface area contributed by atoms with E-state index in [9.17, 15) is 9.59 Å². The molecule has 0 bridgehead atoms. The standard InChI is InChI=1S/C8H14N2O3/c1-9-7(13)10-5-8(6(11)12)3-2-4-8/h2-5H2,1H3,(H,11,12)(H2,9,10,13). The maximum absolute atomic E-state index is 10.8. The molecule has 0 aromatic heterocycles. The van der Waals surface area contributed by atoms with Crippen molar-refractivity contribution in [3.63, 3.8) is 0 Å². The van der Waals surface area contributed by atoms with Crippen LogP contribution in [-0.2, 0) is 4.79 Å². The van der Waals surface area contributed by atoms with Gasteiger partial charge >= 0.3 is 12.0 Å². The van der Waals surface area contributed by atoms with E-state index in [0.717, 1.165) is 6.42 Å². The van der Waals surface area contributed by atoms with Crippen molar-refractivity contribution in [2.24, 2.45) is 5.41 Å². The number of carbonyl (C=O) groups is 2. The van der Waals surface area contributed by atoms with E-state index < -0.39 is 11.4 Å². The fraction of sp³-hybridized carbons (Fsp3) is 0.750. The number of urea groups is 1. The van der Waals surface area contributed by atoms with Crippen LogP contribution in [0.1, 0.15) is 19.3 Å². The second kappa shape index (κ2) is 3.64. The number of hydrogen-bond acceptors (Lipinski definition) is 2. The molecule has 0 saturated heterocycles. The molecule has 74 valence electrons. The van der Waals surface area contributed by atoms with Crippen LogP contribution in [0, 0.1) is 5.41 Å². The number of aliphatic carboxylic acids is 1. The molecule has 0 aromatic rings. The number of carbonyl (C=O) groups excluding carboxylic acids is 1. The highest BCUT2D eigenvalue weighted by molar-refractivity contribution is 5.78. The molecule has 1 saturated carbocycles. The van der Waals surface area contributed by atoms with Gasteiger partial charge in [-0.15, -0.1) is 0 Å². The molecule has 5 heteroatoms. The lowest BCUT2D eigenvalue weighted by Crippen LogP contribution is -2.49. The van der Waals surface area contributed by atoms with Crippen molar-refractivity contribution in [2.45, 2.75) is 19.3 Å². The van der Waals surface area contributed by atoms with Gasteiger partial charge in [0, 0.05) is 13.6 Å². The summed E-state index contributed by atoms with van der Waals surface area (Å²) < 4.78 is 0. The van der Waals surface area contributed by atoms with Crippen LogP contribution >= 0.6 is 0 Å². The Hall–Kier alpha value is -1.26. The van der Waals surface area contributed by atoms with E-state index in [-0.39, 0.29) is 12.6 Å². The first kappa shape index (κ1) is 9.83. The smallest absolute Gasteiger partial charge is 0.314 e. The van der Waals surface area contributed by atoms with Crippen LogP contribution in [0.2, 0.25) is 0 Å². The summed E-state index contributed by atoms with van der Waals surface area (Å²) in [6.07, 6.45) is 2.25. The molecule has 1 fully saturated rings. The van der Waals surface area contributed by atoms with Crippen LogP contribution in [-0.4, -0.2) is 30.7 Å². The monoisotopic (exact) mass is 186 g/mol. The third-order valence-corrected chi connectivity index (χ3v) is 2.58. The summed E-state index contributed by atoms with van der Waals surface area (Å²) in [5.41, 5.74) is -0.702. The van der Waals surface area contributed by atoms with E-state index in [2.05, 4.69) is 10.6 Å². The predicted octanol–water partition coefficient (Wildman–Crippen LogP) is 0.170. The second-order valence-corrected chi connectivity index (χ2v) is 3.37. The number of nitrogens with one attached hydrogen (secondary N) is 2. The number of carboxylic acid groups (broad SMARTS) is 1. The molecule has 1 rings (SSSR count). The minimum atomic E-state index is -0.810. The third kappa shape index (κ3) is 1.91. The summed E-state index contributed by atoms with van der Waals surface area (Å²) in [7, 11) is 1.50. The van der Waals surface area contributed by atoms with Gasteiger partial charge in [0.25, 0.3) is 0 Å². The zero-order valence-electron chi connectivity index (χ0n) is 7.59. The molecule has 0 aromatic carbocycles. The van der Waals surface area contributed by atoms with Gasteiger partial charge in [-0.2, -0.15) is 0 Å². The maximum Gasteiger partial charge on any atom is 0.314 e. The normalized spacial score (nSPS) is 18.5. The van der Waals surface area contributed by atoms with Gasteiger partial charge in [-0.25, -0.2) is 4.79 Å². The molecule has 5 nitrogen and oxygen atoms in total. The molecule has 3 N–H and O–H groups in total. The van der Waals surface area contributed by atoms with E-state index in [1.807, 2.05) is 0 Å². The molecule has 0 aliphatic heterocycles. The Kier molecular flexibility index (Phi) is 2.75. The Labute approximate surface area is 76.5 Å². The minimum absolute atomic E-state index is 0.224. The molecule has 0 unspecified atom stereocenters. The highest BCUT2D eigenvalue weighted by Gasteiger charge is 2.44. The Morgan fingerprint density at radius 2 is 2.08 bits per heavy atom. The molecule has 0 heterocycles. The van der Waals surface area contributed by atoms with Crippen molar-refractivity contribution in [2.75, 3.05) is 13.6 Å². The average Bonchev–Trinajstić information content (AvgIpc) is 2.01. The van der Waals surface area contributed by atoms with Crippen LogP contribution < -0.4 is 10.6 Å². The summed E-state index contributed by atoms with van der Waals surface area (Å²) in [6, 6.07) is -0.326. The van der Waals surface area contributed by atoms with Gasteiger partial charge in [0.1, 0.15) is 0 Å². The van der Waals surface area contributed by atoms with Crippen LogP contribution in [0.4, 0.5) is 4.79 Å². The number of rotatable bonds is 3. The van der Waals surface area contributed by atoms with Gasteiger partial charge in [-0.05, 0) is 12.8 Å². The van der Waals surface area contributed by atoms with Gasteiger partial charge in [0.15, 0.2) is 0 Å². The Balaban J connectivity index is 2.41. The van der Waals surface area contributed by atoms with Gasteiger partial charge < -0.3 is 15.7 Å². The van der Waals surface area contributed by atoms with Gasteiger partial charge in [0.2, 0.25) is 0 Å².